The predicted octanol–water partition coefficient (Wildman–Crippen LogP) is 4.55. The summed E-state index contributed by atoms with van der Waals surface area (Å²) in [6, 6.07) is 10.2. The van der Waals surface area contributed by atoms with Gasteiger partial charge in [-0.3, -0.25) is 4.79 Å². The van der Waals surface area contributed by atoms with Crippen molar-refractivity contribution in [2.75, 3.05) is 31.6 Å². The first-order chi connectivity index (χ1) is 13.5. The van der Waals surface area contributed by atoms with Gasteiger partial charge in [-0.05, 0) is 30.7 Å². The monoisotopic (exact) mass is 399 g/mol. The van der Waals surface area contributed by atoms with E-state index in [1.807, 2.05) is 25.1 Å². The number of benzene rings is 2. The van der Waals surface area contributed by atoms with Gasteiger partial charge in [0.05, 0.1) is 23.8 Å². The minimum atomic E-state index is -0.479. The van der Waals surface area contributed by atoms with Crippen LogP contribution in [0.3, 0.4) is 0 Å². The molecule has 0 bridgehead atoms. The number of rotatable bonds is 3. The van der Waals surface area contributed by atoms with E-state index in [1.54, 1.807) is 17.2 Å². The first-order valence-corrected chi connectivity index (χ1v) is 9.40. The normalized spacial score (nSPS) is 14.3. The van der Waals surface area contributed by atoms with Gasteiger partial charge >= 0.3 is 0 Å². The van der Waals surface area contributed by atoms with Crippen molar-refractivity contribution in [3.05, 3.63) is 64.6 Å². The summed E-state index contributed by atoms with van der Waals surface area (Å²) >= 11 is 5.88. The number of aryl methyl sites for hydroxylation is 1. The zero-order chi connectivity index (χ0) is 19.7. The van der Waals surface area contributed by atoms with Crippen LogP contribution in [0.1, 0.15) is 15.9 Å². The summed E-state index contributed by atoms with van der Waals surface area (Å²) in [5.41, 5.74) is 2.17. The van der Waals surface area contributed by atoms with Gasteiger partial charge in [-0.15, -0.1) is 0 Å². The third-order valence-corrected chi connectivity index (χ3v) is 5.12. The smallest absolute Gasteiger partial charge is 0.256 e. The van der Waals surface area contributed by atoms with Crippen molar-refractivity contribution >= 4 is 39.8 Å². The van der Waals surface area contributed by atoms with Gasteiger partial charge in [0.1, 0.15) is 11.6 Å². The van der Waals surface area contributed by atoms with E-state index in [2.05, 4.69) is 10.3 Å². The molecule has 1 amide bonds. The lowest BCUT2D eigenvalue weighted by Gasteiger charge is -2.27. The van der Waals surface area contributed by atoms with Crippen LogP contribution in [0.4, 0.5) is 15.9 Å². The molecule has 0 aliphatic carbocycles. The van der Waals surface area contributed by atoms with Crippen molar-refractivity contribution in [1.29, 1.82) is 0 Å². The van der Waals surface area contributed by atoms with Crippen molar-refractivity contribution in [3.63, 3.8) is 0 Å². The van der Waals surface area contributed by atoms with Gasteiger partial charge in [-0.25, -0.2) is 9.37 Å². The SMILES string of the molecule is Cc1cccc2c(Nc3ccc(F)c(Cl)c3)ncc(C(=O)N3CCOCC3)c12. The van der Waals surface area contributed by atoms with E-state index >= 15 is 0 Å². The summed E-state index contributed by atoms with van der Waals surface area (Å²) in [5, 5.41) is 4.88. The highest BCUT2D eigenvalue weighted by molar-refractivity contribution is 6.31. The van der Waals surface area contributed by atoms with Gasteiger partial charge in [0.2, 0.25) is 0 Å². The fourth-order valence-corrected chi connectivity index (χ4v) is 3.58. The van der Waals surface area contributed by atoms with Crippen LogP contribution >= 0.6 is 11.6 Å². The number of carbonyl (C=O) groups is 1. The lowest BCUT2D eigenvalue weighted by atomic mass is 10.0. The Balaban J connectivity index is 1.76. The molecule has 1 fully saturated rings. The summed E-state index contributed by atoms with van der Waals surface area (Å²) in [7, 11) is 0. The molecule has 4 rings (SSSR count). The number of amides is 1. The molecule has 3 aromatic rings. The topological polar surface area (TPSA) is 54.5 Å². The maximum atomic E-state index is 13.4. The number of morpholine rings is 1. The number of aromatic nitrogens is 1. The molecule has 0 spiro atoms. The van der Waals surface area contributed by atoms with Crippen molar-refractivity contribution in [2.45, 2.75) is 6.92 Å². The van der Waals surface area contributed by atoms with Crippen molar-refractivity contribution in [3.8, 4) is 0 Å². The second-order valence-electron chi connectivity index (χ2n) is 6.68. The van der Waals surface area contributed by atoms with E-state index in [4.69, 9.17) is 16.3 Å². The molecule has 7 heteroatoms. The van der Waals surface area contributed by atoms with Crippen LogP contribution in [-0.4, -0.2) is 42.1 Å². The highest BCUT2D eigenvalue weighted by Crippen LogP contribution is 2.31. The summed E-state index contributed by atoms with van der Waals surface area (Å²) < 4.78 is 18.8. The number of halogens is 2. The highest BCUT2D eigenvalue weighted by atomic mass is 35.5. The molecule has 0 unspecified atom stereocenters. The number of ether oxygens (including phenoxy) is 1. The summed E-state index contributed by atoms with van der Waals surface area (Å²) in [6.07, 6.45) is 1.60. The van der Waals surface area contributed by atoms with Gasteiger partial charge in [-0.1, -0.05) is 29.8 Å². The molecule has 1 aromatic heterocycles. The fourth-order valence-electron chi connectivity index (χ4n) is 3.39. The quantitative estimate of drug-likeness (QED) is 0.702. The number of anilines is 2. The number of nitrogens with one attached hydrogen (secondary N) is 1. The van der Waals surface area contributed by atoms with E-state index in [1.165, 1.54) is 12.1 Å². The first-order valence-electron chi connectivity index (χ1n) is 9.02. The molecule has 1 aliphatic heterocycles. The Morgan fingerprint density at radius 2 is 2.04 bits per heavy atom. The van der Waals surface area contributed by atoms with Crippen LogP contribution in [-0.2, 0) is 4.74 Å². The van der Waals surface area contributed by atoms with Gasteiger partial charge in [0, 0.05) is 35.7 Å². The van der Waals surface area contributed by atoms with Crippen LogP contribution in [0, 0.1) is 12.7 Å². The number of fused-ring (bicyclic) bond motifs is 1. The lowest BCUT2D eigenvalue weighted by molar-refractivity contribution is 0.0304. The molecule has 2 aromatic carbocycles. The van der Waals surface area contributed by atoms with Crippen molar-refractivity contribution < 1.29 is 13.9 Å². The second-order valence-corrected chi connectivity index (χ2v) is 7.08. The average molecular weight is 400 g/mol. The Bertz CT molecular complexity index is 1050. The fraction of sp³-hybridized carbons (Fsp3) is 0.238. The highest BCUT2D eigenvalue weighted by Gasteiger charge is 2.22. The number of hydrogen-bond donors (Lipinski definition) is 1. The van der Waals surface area contributed by atoms with E-state index in [0.29, 0.717) is 43.4 Å². The standard InChI is InChI=1S/C21H19ClFN3O2/c1-13-3-2-4-15-19(13)16(21(27)26-7-9-28-10-8-26)12-24-20(15)25-14-5-6-18(23)17(22)11-14/h2-6,11-12H,7-10H2,1H3,(H,24,25). The Kier molecular flexibility index (Phi) is 5.15. The molecule has 144 valence electrons. The maximum absolute atomic E-state index is 13.4. The van der Waals surface area contributed by atoms with Gasteiger partial charge in [0.25, 0.3) is 5.91 Å². The molecule has 0 atom stereocenters. The molecule has 1 N–H and O–H groups in total. The predicted molar refractivity (Wildman–Crippen MR) is 108 cm³/mol. The first kappa shape index (κ1) is 18.7. The molecule has 28 heavy (non-hydrogen) atoms. The third-order valence-electron chi connectivity index (χ3n) is 4.83. The largest absolute Gasteiger partial charge is 0.378 e. The maximum Gasteiger partial charge on any atom is 0.256 e. The zero-order valence-corrected chi connectivity index (χ0v) is 16.1. The zero-order valence-electron chi connectivity index (χ0n) is 15.3. The molecule has 1 saturated heterocycles. The Hall–Kier alpha value is -2.70. The van der Waals surface area contributed by atoms with Crippen molar-refractivity contribution in [2.24, 2.45) is 0 Å². The molecular weight excluding hydrogens is 381 g/mol. The second kappa shape index (κ2) is 7.73. The average Bonchev–Trinajstić information content (AvgIpc) is 2.71. The Labute approximate surface area is 167 Å². The van der Waals surface area contributed by atoms with Gasteiger partial charge in [-0.2, -0.15) is 0 Å². The molecular formula is C21H19ClFN3O2. The van der Waals surface area contributed by atoms with E-state index in [0.717, 1.165) is 16.3 Å². The third kappa shape index (κ3) is 3.53. The van der Waals surface area contributed by atoms with Crippen LogP contribution < -0.4 is 5.32 Å². The van der Waals surface area contributed by atoms with E-state index in [9.17, 15) is 9.18 Å². The minimum Gasteiger partial charge on any atom is -0.378 e. The lowest BCUT2D eigenvalue weighted by Crippen LogP contribution is -2.40. The van der Waals surface area contributed by atoms with Gasteiger partial charge < -0.3 is 15.0 Å². The summed E-state index contributed by atoms with van der Waals surface area (Å²) in [6.45, 7) is 4.19. The summed E-state index contributed by atoms with van der Waals surface area (Å²) in [4.78, 5) is 19.3. The number of hydrogen-bond acceptors (Lipinski definition) is 4. The number of nitrogens with zero attached hydrogens (tertiary/aromatic N) is 2. The van der Waals surface area contributed by atoms with E-state index in [-0.39, 0.29) is 10.9 Å². The minimum absolute atomic E-state index is 0.0320. The van der Waals surface area contributed by atoms with Crippen LogP contribution in [0.15, 0.2) is 42.6 Å². The number of pyridine rings is 1. The molecule has 0 saturated carbocycles. The Morgan fingerprint density at radius 3 is 2.79 bits per heavy atom. The Morgan fingerprint density at radius 1 is 1.25 bits per heavy atom. The molecule has 5 nitrogen and oxygen atoms in total. The van der Waals surface area contributed by atoms with Crippen LogP contribution in [0.25, 0.3) is 10.8 Å². The number of carbonyl (C=O) groups excluding carboxylic acids is 1. The summed E-state index contributed by atoms with van der Waals surface area (Å²) in [5.74, 6) is 0.0544. The molecule has 1 aliphatic rings. The molecule has 2 heterocycles. The van der Waals surface area contributed by atoms with Crippen LogP contribution in [0.5, 0.6) is 0 Å². The molecule has 0 radical (unpaired) electrons. The van der Waals surface area contributed by atoms with Gasteiger partial charge in [0.15, 0.2) is 0 Å². The van der Waals surface area contributed by atoms with E-state index < -0.39 is 5.82 Å². The van der Waals surface area contributed by atoms with Crippen LogP contribution in [0.2, 0.25) is 5.02 Å². The van der Waals surface area contributed by atoms with Crippen molar-refractivity contribution in [1.82, 2.24) is 9.88 Å².